The number of aromatic nitrogens is 1. The topological polar surface area (TPSA) is 149 Å². The highest BCUT2D eigenvalue weighted by Gasteiger charge is 2.57. The highest BCUT2D eigenvalue weighted by Crippen LogP contribution is 2.40. The van der Waals surface area contributed by atoms with E-state index in [4.69, 9.17) is 10.5 Å². The molecule has 3 rings (SSSR count). The lowest BCUT2D eigenvalue weighted by molar-refractivity contribution is -0.0646. The third-order valence-electron chi connectivity index (χ3n) is 3.82. The molecule has 3 heterocycles. The summed E-state index contributed by atoms with van der Waals surface area (Å²) in [6.45, 7) is -0.510. The zero-order valence-electron chi connectivity index (χ0n) is 10.9. The molecule has 0 radical (unpaired) electrons. The fraction of sp³-hybridized carbons (Fsp3) is 0.500. The van der Waals surface area contributed by atoms with Crippen molar-refractivity contribution in [1.82, 2.24) is 4.68 Å². The van der Waals surface area contributed by atoms with Gasteiger partial charge in [-0.25, -0.2) is 4.99 Å². The van der Waals surface area contributed by atoms with Crippen LogP contribution in [-0.4, -0.2) is 51.3 Å². The predicted molar refractivity (Wildman–Crippen MR) is 70.5 cm³/mol. The second-order valence-corrected chi connectivity index (χ2v) is 4.95. The van der Waals surface area contributed by atoms with Gasteiger partial charge in [0.05, 0.1) is 18.0 Å². The largest absolute Gasteiger partial charge is 0.394 e. The number of aliphatic hydroxyl groups excluding tert-OH is 3. The molecule has 0 spiro atoms. The van der Waals surface area contributed by atoms with E-state index >= 15 is 0 Å². The third kappa shape index (κ3) is 1.78. The molecule has 9 heteroatoms. The van der Waals surface area contributed by atoms with Crippen molar-refractivity contribution < 1.29 is 20.1 Å². The Balaban J connectivity index is 2.09. The lowest BCUT2D eigenvalue weighted by atomic mass is 9.92. The van der Waals surface area contributed by atoms with E-state index in [0.29, 0.717) is 5.69 Å². The quantitative estimate of drug-likeness (QED) is 0.418. The molecule has 21 heavy (non-hydrogen) atoms. The Morgan fingerprint density at radius 1 is 1.52 bits per heavy atom. The van der Waals surface area contributed by atoms with Gasteiger partial charge in [-0.2, -0.15) is 5.26 Å². The van der Waals surface area contributed by atoms with Crippen LogP contribution in [0.15, 0.2) is 17.1 Å². The van der Waals surface area contributed by atoms with E-state index in [2.05, 4.69) is 10.4 Å². The van der Waals surface area contributed by atoms with E-state index in [1.807, 2.05) is 6.07 Å². The molecule has 1 aromatic rings. The Morgan fingerprint density at radius 3 is 2.90 bits per heavy atom. The van der Waals surface area contributed by atoms with Crippen LogP contribution in [0.3, 0.4) is 0 Å². The standard InChI is InChI=1S/C12H15N5O4/c13-4-12(10(20)9(19)7(3-18)21-12)8-2-1-6-11(14)15-5-16-17(6)8/h1-2,5,7,9-11,18-20H,3,14H2,(H,15,16)/t7-,9-,10-,11?,12+/m1/s1. The molecule has 0 saturated carbocycles. The molecular weight excluding hydrogens is 278 g/mol. The van der Waals surface area contributed by atoms with Crippen molar-refractivity contribution in [2.75, 3.05) is 12.0 Å². The number of hydrogen-bond acceptors (Lipinski definition) is 8. The van der Waals surface area contributed by atoms with Gasteiger partial charge in [0, 0.05) is 0 Å². The van der Waals surface area contributed by atoms with Gasteiger partial charge in [-0.05, 0) is 12.1 Å². The van der Waals surface area contributed by atoms with E-state index < -0.39 is 36.7 Å². The van der Waals surface area contributed by atoms with Crippen molar-refractivity contribution >= 4 is 6.34 Å². The smallest absolute Gasteiger partial charge is 0.225 e. The molecule has 0 aliphatic carbocycles. The monoisotopic (exact) mass is 293 g/mol. The average molecular weight is 293 g/mol. The van der Waals surface area contributed by atoms with Crippen LogP contribution in [0.1, 0.15) is 17.6 Å². The van der Waals surface area contributed by atoms with Crippen LogP contribution >= 0.6 is 0 Å². The molecular formula is C12H15N5O4. The van der Waals surface area contributed by atoms with Crippen LogP contribution in [0.2, 0.25) is 0 Å². The summed E-state index contributed by atoms with van der Waals surface area (Å²) in [6.07, 6.45) is -3.15. The predicted octanol–water partition coefficient (Wildman–Crippen LogP) is -2.14. The first-order valence-corrected chi connectivity index (χ1v) is 6.37. The number of rotatable bonds is 2. The Bertz CT molecular complexity index is 624. The van der Waals surface area contributed by atoms with Crippen LogP contribution in [0.4, 0.5) is 0 Å². The first kappa shape index (κ1) is 14.0. The highest BCUT2D eigenvalue weighted by molar-refractivity contribution is 5.66. The number of nitrogens with one attached hydrogen (secondary N) is 1. The number of fused-ring (bicyclic) bond motifs is 1. The van der Waals surface area contributed by atoms with Crippen LogP contribution < -0.4 is 11.2 Å². The number of hydrogen-bond donors (Lipinski definition) is 5. The third-order valence-corrected chi connectivity index (χ3v) is 3.82. The maximum absolute atomic E-state index is 10.2. The number of ether oxygens (including phenoxy) is 1. The van der Waals surface area contributed by atoms with E-state index in [-0.39, 0.29) is 5.69 Å². The van der Waals surface area contributed by atoms with Gasteiger partial charge in [0.25, 0.3) is 0 Å². The maximum Gasteiger partial charge on any atom is 0.225 e. The van der Waals surface area contributed by atoms with Gasteiger partial charge in [0.2, 0.25) is 5.60 Å². The molecule has 1 fully saturated rings. The summed E-state index contributed by atoms with van der Waals surface area (Å²) in [6, 6.07) is 5.12. The molecule has 0 amide bonds. The SMILES string of the molecule is N#C[C@@]1(c2ccc3n2NC=NC3N)O[C@H](CO)[C@@H](O)[C@H]1O. The molecule has 1 saturated heterocycles. The molecule has 5 atom stereocenters. The van der Waals surface area contributed by atoms with Crippen molar-refractivity contribution in [3.8, 4) is 6.07 Å². The highest BCUT2D eigenvalue weighted by atomic mass is 16.6. The number of aliphatic imine (C=N–C) groups is 1. The van der Waals surface area contributed by atoms with Crippen molar-refractivity contribution in [2.24, 2.45) is 10.7 Å². The first-order valence-electron chi connectivity index (χ1n) is 6.37. The molecule has 2 aliphatic heterocycles. The molecule has 1 unspecified atom stereocenters. The van der Waals surface area contributed by atoms with Gasteiger partial charge >= 0.3 is 0 Å². The lowest BCUT2D eigenvalue weighted by Crippen LogP contribution is -2.43. The Hall–Kier alpha value is -1.96. The van der Waals surface area contributed by atoms with Crippen LogP contribution in [0, 0.1) is 11.3 Å². The van der Waals surface area contributed by atoms with Crippen molar-refractivity contribution in [3.05, 3.63) is 23.5 Å². The zero-order chi connectivity index (χ0) is 15.2. The number of nitriles is 1. The normalized spacial score (nSPS) is 37.9. The summed E-state index contributed by atoms with van der Waals surface area (Å²) < 4.78 is 6.94. The molecule has 0 aromatic carbocycles. The fourth-order valence-electron chi connectivity index (χ4n) is 2.69. The minimum absolute atomic E-state index is 0.282. The van der Waals surface area contributed by atoms with Gasteiger partial charge in [0.15, 0.2) is 0 Å². The summed E-state index contributed by atoms with van der Waals surface area (Å²) in [5.74, 6) is 0. The van der Waals surface area contributed by atoms with Gasteiger partial charge in [-0.3, -0.25) is 10.1 Å². The van der Waals surface area contributed by atoms with E-state index in [1.165, 1.54) is 11.0 Å². The maximum atomic E-state index is 10.2. The molecule has 112 valence electrons. The van der Waals surface area contributed by atoms with Gasteiger partial charge in [0.1, 0.15) is 36.9 Å². The molecule has 6 N–H and O–H groups in total. The summed E-state index contributed by atoms with van der Waals surface area (Å²) in [4.78, 5) is 3.97. The van der Waals surface area contributed by atoms with E-state index in [9.17, 15) is 20.6 Å². The molecule has 9 nitrogen and oxygen atoms in total. The van der Waals surface area contributed by atoms with E-state index in [0.717, 1.165) is 0 Å². The van der Waals surface area contributed by atoms with Gasteiger partial charge in [-0.1, -0.05) is 0 Å². The second-order valence-electron chi connectivity index (χ2n) is 4.95. The van der Waals surface area contributed by atoms with Crippen molar-refractivity contribution in [2.45, 2.75) is 30.1 Å². The van der Waals surface area contributed by atoms with Crippen LogP contribution in [0.25, 0.3) is 0 Å². The van der Waals surface area contributed by atoms with Gasteiger partial charge < -0.3 is 25.8 Å². The summed E-state index contributed by atoms with van der Waals surface area (Å²) in [7, 11) is 0. The van der Waals surface area contributed by atoms with Crippen molar-refractivity contribution in [3.63, 3.8) is 0 Å². The van der Waals surface area contributed by atoms with Crippen molar-refractivity contribution in [1.29, 1.82) is 5.26 Å². The summed E-state index contributed by atoms with van der Waals surface area (Å²) >= 11 is 0. The summed E-state index contributed by atoms with van der Waals surface area (Å²) in [5, 5.41) is 38.9. The first-order chi connectivity index (χ1) is 10.0. The molecule has 0 bridgehead atoms. The Kier molecular flexibility index (Phi) is 3.20. The second kappa shape index (κ2) is 4.80. The minimum Gasteiger partial charge on any atom is -0.394 e. The van der Waals surface area contributed by atoms with Crippen LogP contribution in [-0.2, 0) is 10.3 Å². The fourth-order valence-corrected chi connectivity index (χ4v) is 2.69. The Labute approximate surface area is 119 Å². The number of nitrogens with zero attached hydrogens (tertiary/aromatic N) is 3. The van der Waals surface area contributed by atoms with Crippen LogP contribution in [0.5, 0.6) is 0 Å². The zero-order valence-corrected chi connectivity index (χ0v) is 10.9. The minimum atomic E-state index is -1.80. The lowest BCUT2D eigenvalue weighted by Gasteiger charge is -2.28. The molecule has 1 aromatic heterocycles. The Morgan fingerprint density at radius 2 is 2.29 bits per heavy atom. The average Bonchev–Trinajstić information content (AvgIpc) is 3.03. The molecule has 2 aliphatic rings. The van der Waals surface area contributed by atoms with Gasteiger partial charge in [-0.15, -0.1) is 0 Å². The summed E-state index contributed by atoms with van der Waals surface area (Å²) in [5.41, 5.74) is 7.69. The van der Waals surface area contributed by atoms with E-state index in [1.54, 1.807) is 12.1 Å². The number of aliphatic hydroxyl groups is 3. The number of nitrogens with two attached hydrogens (primary N) is 1.